The van der Waals surface area contributed by atoms with E-state index in [1.165, 1.54) is 19.3 Å². The Morgan fingerprint density at radius 3 is 2.80 bits per heavy atom. The Morgan fingerprint density at radius 1 is 1.20 bits per heavy atom. The number of fused-ring (bicyclic) bond motifs is 1. The molecule has 1 N–H and O–H groups in total. The first-order valence-corrected chi connectivity index (χ1v) is 9.55. The van der Waals surface area contributed by atoms with Crippen LogP contribution in [0.4, 0.5) is 16.2 Å². The number of urea groups is 1. The van der Waals surface area contributed by atoms with Crippen LogP contribution in [0.25, 0.3) is 0 Å². The SMILES string of the molecule is CCC[C@H]1CCCN(C(=O)Nc2ccc3c(c2)CCN3C(C)=O)CC1. The van der Waals surface area contributed by atoms with Crippen LogP contribution in [0, 0.1) is 5.92 Å². The van der Waals surface area contributed by atoms with Crippen LogP contribution in [0.2, 0.25) is 0 Å². The maximum atomic E-state index is 12.6. The number of anilines is 2. The number of likely N-dealkylation sites (tertiary alicyclic amines) is 1. The van der Waals surface area contributed by atoms with Crippen molar-refractivity contribution < 1.29 is 9.59 Å². The molecule has 25 heavy (non-hydrogen) atoms. The van der Waals surface area contributed by atoms with E-state index in [1.807, 2.05) is 23.1 Å². The largest absolute Gasteiger partial charge is 0.325 e. The van der Waals surface area contributed by atoms with Crippen molar-refractivity contribution in [1.29, 1.82) is 0 Å². The molecule has 0 bridgehead atoms. The number of hydrogen-bond acceptors (Lipinski definition) is 2. The molecule has 0 spiro atoms. The van der Waals surface area contributed by atoms with Gasteiger partial charge in [0.05, 0.1) is 0 Å². The summed E-state index contributed by atoms with van der Waals surface area (Å²) in [6.45, 7) is 6.24. The summed E-state index contributed by atoms with van der Waals surface area (Å²) in [5.41, 5.74) is 2.93. The fourth-order valence-corrected chi connectivity index (χ4v) is 4.07. The molecule has 1 aromatic rings. The molecule has 2 aliphatic heterocycles. The number of rotatable bonds is 3. The molecule has 1 aromatic carbocycles. The van der Waals surface area contributed by atoms with Gasteiger partial charge >= 0.3 is 6.03 Å². The molecule has 0 saturated carbocycles. The molecule has 1 fully saturated rings. The van der Waals surface area contributed by atoms with Crippen LogP contribution in [0.15, 0.2) is 18.2 Å². The van der Waals surface area contributed by atoms with E-state index in [0.717, 1.165) is 61.8 Å². The zero-order chi connectivity index (χ0) is 17.8. The fraction of sp³-hybridized carbons (Fsp3) is 0.600. The van der Waals surface area contributed by atoms with Gasteiger partial charge in [-0.05, 0) is 55.4 Å². The monoisotopic (exact) mass is 343 g/mol. The average Bonchev–Trinajstić information content (AvgIpc) is 2.86. The molecule has 1 atom stereocenters. The van der Waals surface area contributed by atoms with E-state index in [1.54, 1.807) is 11.8 Å². The van der Waals surface area contributed by atoms with Crippen LogP contribution >= 0.6 is 0 Å². The topological polar surface area (TPSA) is 52.7 Å². The number of carbonyl (C=O) groups excluding carboxylic acids is 2. The maximum Gasteiger partial charge on any atom is 0.321 e. The summed E-state index contributed by atoms with van der Waals surface area (Å²) < 4.78 is 0. The quantitative estimate of drug-likeness (QED) is 0.901. The highest BCUT2D eigenvalue weighted by Crippen LogP contribution is 2.30. The summed E-state index contributed by atoms with van der Waals surface area (Å²) in [6.07, 6.45) is 6.78. The van der Waals surface area contributed by atoms with Crippen molar-refractivity contribution in [2.75, 3.05) is 29.9 Å². The minimum Gasteiger partial charge on any atom is -0.325 e. The number of hydrogen-bond donors (Lipinski definition) is 1. The summed E-state index contributed by atoms with van der Waals surface area (Å²) in [4.78, 5) is 28.0. The standard InChI is InChI=1S/C20H29N3O2/c1-3-5-16-6-4-11-22(12-9-16)20(25)21-18-7-8-19-17(14-18)10-13-23(19)15(2)24/h7-8,14,16H,3-6,9-13H2,1-2H3,(H,21,25)/t16-/m0/s1. The highest BCUT2D eigenvalue weighted by molar-refractivity contribution is 5.95. The molecule has 5 heteroatoms. The van der Waals surface area contributed by atoms with Crippen molar-refractivity contribution in [3.05, 3.63) is 23.8 Å². The van der Waals surface area contributed by atoms with Gasteiger partial charge in [0.2, 0.25) is 5.91 Å². The van der Waals surface area contributed by atoms with Crippen molar-refractivity contribution in [2.45, 2.75) is 52.4 Å². The summed E-state index contributed by atoms with van der Waals surface area (Å²) >= 11 is 0. The molecule has 0 radical (unpaired) electrons. The van der Waals surface area contributed by atoms with E-state index in [-0.39, 0.29) is 11.9 Å². The molecule has 3 amide bonds. The van der Waals surface area contributed by atoms with Gasteiger partial charge in [-0.3, -0.25) is 4.79 Å². The number of amides is 3. The number of nitrogens with zero attached hydrogens (tertiary/aromatic N) is 2. The first kappa shape index (κ1) is 17.8. The molecule has 2 heterocycles. The Balaban J connectivity index is 1.61. The van der Waals surface area contributed by atoms with Gasteiger partial charge in [0.1, 0.15) is 0 Å². The lowest BCUT2D eigenvalue weighted by Crippen LogP contribution is -2.35. The number of benzene rings is 1. The minimum atomic E-state index is -0.00137. The van der Waals surface area contributed by atoms with Gasteiger partial charge in [0, 0.05) is 37.9 Å². The van der Waals surface area contributed by atoms with Crippen LogP contribution in [0.5, 0.6) is 0 Å². The van der Waals surface area contributed by atoms with Gasteiger partial charge in [-0.15, -0.1) is 0 Å². The van der Waals surface area contributed by atoms with E-state index in [0.29, 0.717) is 0 Å². The Hall–Kier alpha value is -2.04. The molecular weight excluding hydrogens is 314 g/mol. The zero-order valence-corrected chi connectivity index (χ0v) is 15.4. The average molecular weight is 343 g/mol. The molecule has 1 saturated heterocycles. The van der Waals surface area contributed by atoms with Gasteiger partial charge in [-0.25, -0.2) is 4.79 Å². The second-order valence-electron chi connectivity index (χ2n) is 7.27. The summed E-state index contributed by atoms with van der Waals surface area (Å²) in [6, 6.07) is 5.85. The zero-order valence-electron chi connectivity index (χ0n) is 15.4. The smallest absolute Gasteiger partial charge is 0.321 e. The van der Waals surface area contributed by atoms with Crippen molar-refractivity contribution in [1.82, 2.24) is 4.90 Å². The van der Waals surface area contributed by atoms with E-state index < -0.39 is 0 Å². The predicted molar refractivity (Wildman–Crippen MR) is 101 cm³/mol. The lowest BCUT2D eigenvalue weighted by molar-refractivity contribution is -0.116. The Bertz CT molecular complexity index is 644. The molecule has 0 aliphatic carbocycles. The van der Waals surface area contributed by atoms with E-state index >= 15 is 0 Å². The lowest BCUT2D eigenvalue weighted by atomic mass is 9.96. The fourth-order valence-electron chi connectivity index (χ4n) is 4.07. The van der Waals surface area contributed by atoms with E-state index in [2.05, 4.69) is 12.2 Å². The van der Waals surface area contributed by atoms with Crippen LogP contribution < -0.4 is 10.2 Å². The van der Waals surface area contributed by atoms with Gasteiger partial charge in [-0.2, -0.15) is 0 Å². The third-order valence-electron chi connectivity index (χ3n) is 5.44. The molecule has 0 aromatic heterocycles. The van der Waals surface area contributed by atoms with Gasteiger partial charge in [-0.1, -0.05) is 19.8 Å². The predicted octanol–water partition coefficient (Wildman–Crippen LogP) is 4.03. The molecule has 2 aliphatic rings. The Labute approximate surface area is 150 Å². The third-order valence-corrected chi connectivity index (χ3v) is 5.44. The van der Waals surface area contributed by atoms with Gasteiger partial charge in [0.15, 0.2) is 0 Å². The van der Waals surface area contributed by atoms with Crippen LogP contribution in [-0.4, -0.2) is 36.5 Å². The van der Waals surface area contributed by atoms with Gasteiger partial charge in [0.25, 0.3) is 0 Å². The third kappa shape index (κ3) is 4.14. The van der Waals surface area contributed by atoms with E-state index in [4.69, 9.17) is 0 Å². The molecule has 136 valence electrons. The highest BCUT2D eigenvalue weighted by Gasteiger charge is 2.23. The summed E-state index contributed by atoms with van der Waals surface area (Å²) in [7, 11) is 0. The Morgan fingerprint density at radius 2 is 2.04 bits per heavy atom. The number of nitrogens with one attached hydrogen (secondary N) is 1. The van der Waals surface area contributed by atoms with Crippen LogP contribution in [0.1, 0.15) is 51.5 Å². The highest BCUT2D eigenvalue weighted by atomic mass is 16.2. The van der Waals surface area contributed by atoms with Crippen LogP contribution in [0.3, 0.4) is 0 Å². The molecule has 0 unspecified atom stereocenters. The normalized spacial score (nSPS) is 20.2. The minimum absolute atomic E-state index is 0.00137. The first-order chi connectivity index (χ1) is 12.1. The van der Waals surface area contributed by atoms with Crippen molar-refractivity contribution >= 4 is 23.3 Å². The van der Waals surface area contributed by atoms with Crippen LogP contribution in [-0.2, 0) is 11.2 Å². The Kier molecular flexibility index (Phi) is 5.61. The van der Waals surface area contributed by atoms with E-state index in [9.17, 15) is 9.59 Å². The second-order valence-corrected chi connectivity index (χ2v) is 7.27. The maximum absolute atomic E-state index is 12.6. The summed E-state index contributed by atoms with van der Waals surface area (Å²) in [5.74, 6) is 0.835. The lowest BCUT2D eigenvalue weighted by Gasteiger charge is -2.21. The molecule has 5 nitrogen and oxygen atoms in total. The molecular formula is C20H29N3O2. The summed E-state index contributed by atoms with van der Waals surface area (Å²) in [5, 5.41) is 3.04. The first-order valence-electron chi connectivity index (χ1n) is 9.55. The van der Waals surface area contributed by atoms with Crippen molar-refractivity contribution in [3.63, 3.8) is 0 Å². The van der Waals surface area contributed by atoms with Gasteiger partial charge < -0.3 is 15.1 Å². The molecule has 3 rings (SSSR count). The second kappa shape index (κ2) is 7.89. The number of carbonyl (C=O) groups is 2. The van der Waals surface area contributed by atoms with Crippen molar-refractivity contribution in [3.8, 4) is 0 Å². The van der Waals surface area contributed by atoms with Crippen molar-refractivity contribution in [2.24, 2.45) is 5.92 Å².